The van der Waals surface area contributed by atoms with E-state index in [1.54, 1.807) is 18.3 Å². The Bertz CT molecular complexity index is 1480. The molecule has 4 aromatic carbocycles. The van der Waals surface area contributed by atoms with Crippen LogP contribution in [0.4, 0.5) is 10.1 Å². The number of nitrogens with two attached hydrogens (primary N) is 1. The number of nitrogens with one attached hydrogen (secondary N) is 1. The van der Waals surface area contributed by atoms with Crippen LogP contribution in [0.25, 0.3) is 11.1 Å². The van der Waals surface area contributed by atoms with E-state index in [0.29, 0.717) is 23.4 Å². The van der Waals surface area contributed by atoms with Crippen LogP contribution < -0.4 is 11.1 Å². The van der Waals surface area contributed by atoms with E-state index in [4.69, 9.17) is 5.73 Å². The van der Waals surface area contributed by atoms with Gasteiger partial charge in [-0.3, -0.25) is 9.48 Å². The number of benzene rings is 4. The molecule has 198 valence electrons. The zero-order valence-electron chi connectivity index (χ0n) is 21.5. The van der Waals surface area contributed by atoms with Crippen LogP contribution in [0.5, 0.6) is 0 Å². The lowest BCUT2D eigenvalue weighted by Gasteiger charge is -2.24. The Morgan fingerprint density at radius 1 is 0.872 bits per heavy atom. The van der Waals surface area contributed by atoms with Crippen LogP contribution in [0.15, 0.2) is 115 Å². The van der Waals surface area contributed by atoms with Gasteiger partial charge in [0.25, 0.3) is 0 Å². The van der Waals surface area contributed by atoms with Crippen molar-refractivity contribution in [3.05, 3.63) is 144 Å². The van der Waals surface area contributed by atoms with Crippen molar-refractivity contribution in [2.24, 2.45) is 5.73 Å². The first-order valence-corrected chi connectivity index (χ1v) is 12.5. The summed E-state index contributed by atoms with van der Waals surface area (Å²) in [6.45, 7) is 2.52. The molecule has 0 saturated heterocycles. The molecular weight excluding hydrogens is 511 g/mol. The number of nitrogens with zero attached hydrogens (tertiary/aromatic N) is 2. The Kier molecular flexibility index (Phi) is 8.92. The molecule has 0 saturated carbocycles. The number of carbonyl (C=O) groups is 1. The van der Waals surface area contributed by atoms with Crippen molar-refractivity contribution in [3.8, 4) is 11.1 Å². The van der Waals surface area contributed by atoms with Crippen LogP contribution in [0.1, 0.15) is 28.3 Å². The van der Waals surface area contributed by atoms with Gasteiger partial charge in [0, 0.05) is 28.4 Å². The van der Waals surface area contributed by atoms with Gasteiger partial charge in [0.1, 0.15) is 5.82 Å². The Labute approximate surface area is 233 Å². The average Bonchev–Trinajstić information content (AvgIpc) is 3.30. The first kappa shape index (κ1) is 27.8. The van der Waals surface area contributed by atoms with E-state index >= 15 is 4.39 Å². The zero-order chi connectivity index (χ0) is 26.5. The summed E-state index contributed by atoms with van der Waals surface area (Å²) < 4.78 is 17.1. The third-order valence-electron chi connectivity index (χ3n) is 6.78. The van der Waals surface area contributed by atoms with Crippen molar-refractivity contribution in [1.82, 2.24) is 9.78 Å². The van der Waals surface area contributed by atoms with Crippen molar-refractivity contribution in [2.45, 2.75) is 25.4 Å². The first-order valence-electron chi connectivity index (χ1n) is 12.5. The molecule has 5 nitrogen and oxygen atoms in total. The average molecular weight is 541 g/mol. The van der Waals surface area contributed by atoms with Gasteiger partial charge in [-0.15, -0.1) is 12.4 Å². The van der Waals surface area contributed by atoms with E-state index < -0.39 is 11.9 Å². The van der Waals surface area contributed by atoms with Gasteiger partial charge in [-0.05, 0) is 41.8 Å². The highest BCUT2D eigenvalue weighted by Crippen LogP contribution is 2.30. The largest absolute Gasteiger partial charge is 0.325 e. The van der Waals surface area contributed by atoms with Crippen LogP contribution in [0.3, 0.4) is 0 Å². The monoisotopic (exact) mass is 540 g/mol. The van der Waals surface area contributed by atoms with Gasteiger partial charge in [0.15, 0.2) is 0 Å². The summed E-state index contributed by atoms with van der Waals surface area (Å²) in [6.07, 6.45) is 1.68. The zero-order valence-corrected chi connectivity index (χ0v) is 22.3. The number of anilines is 1. The Balaban J connectivity index is 0.00000353. The van der Waals surface area contributed by atoms with Crippen LogP contribution in [0.2, 0.25) is 0 Å². The molecule has 39 heavy (non-hydrogen) atoms. The predicted octanol–water partition coefficient (Wildman–Crippen LogP) is 6.57. The van der Waals surface area contributed by atoms with E-state index in [9.17, 15) is 4.79 Å². The minimum absolute atomic E-state index is 0. The smallest absolute Gasteiger partial charge is 0.242 e. The quantitative estimate of drug-likeness (QED) is 0.234. The summed E-state index contributed by atoms with van der Waals surface area (Å²) in [5.74, 6) is -1.18. The van der Waals surface area contributed by atoms with Gasteiger partial charge in [0.2, 0.25) is 5.91 Å². The maximum atomic E-state index is 15.3. The molecule has 5 rings (SSSR count). The number of hydrogen-bond donors (Lipinski definition) is 2. The molecule has 1 heterocycles. The number of aromatic nitrogens is 2. The molecule has 1 amide bonds. The summed E-state index contributed by atoms with van der Waals surface area (Å²) in [6, 6.07) is 33.2. The van der Waals surface area contributed by atoms with Gasteiger partial charge in [-0.2, -0.15) is 5.10 Å². The predicted molar refractivity (Wildman–Crippen MR) is 156 cm³/mol. The minimum Gasteiger partial charge on any atom is -0.325 e. The van der Waals surface area contributed by atoms with E-state index in [-0.39, 0.29) is 24.2 Å². The summed E-state index contributed by atoms with van der Waals surface area (Å²) in [5, 5.41) is 7.27. The van der Waals surface area contributed by atoms with Gasteiger partial charge in [0.05, 0.1) is 18.8 Å². The fourth-order valence-corrected chi connectivity index (χ4v) is 4.74. The summed E-state index contributed by atoms with van der Waals surface area (Å²) in [5.41, 5.74) is 11.8. The van der Waals surface area contributed by atoms with Gasteiger partial charge in [-0.1, -0.05) is 91.0 Å². The molecule has 1 atom stereocenters. The SMILES string of the molecule is Cc1c(-c2ccc(NC(=O)C(N)C(c3ccccc3)c3ccccc3)cc2F)cnn1Cc1ccccc1.Cl. The molecule has 0 aliphatic rings. The van der Waals surface area contributed by atoms with Crippen molar-refractivity contribution in [1.29, 1.82) is 0 Å². The standard InChI is InChI=1S/C32H29FN4O.ClH/c1-22-28(20-35-37(22)21-23-11-5-2-6-12-23)27-18-17-26(19-29(27)33)36-32(38)31(34)30(24-13-7-3-8-14-24)25-15-9-4-10-16-25;/h2-20,30-31H,21,34H2,1H3,(H,36,38);1H. The molecule has 0 spiro atoms. The number of amides is 1. The molecular formula is C32H30ClFN4O. The fraction of sp³-hybridized carbons (Fsp3) is 0.125. The molecule has 1 unspecified atom stereocenters. The minimum atomic E-state index is -0.874. The fourth-order valence-electron chi connectivity index (χ4n) is 4.74. The molecule has 1 aromatic heterocycles. The second-order valence-electron chi connectivity index (χ2n) is 9.30. The van der Waals surface area contributed by atoms with Crippen LogP contribution in [-0.4, -0.2) is 21.7 Å². The topological polar surface area (TPSA) is 72.9 Å². The second-order valence-corrected chi connectivity index (χ2v) is 9.30. The van der Waals surface area contributed by atoms with E-state index in [0.717, 1.165) is 22.4 Å². The molecule has 5 aromatic rings. The summed E-state index contributed by atoms with van der Waals surface area (Å²) in [7, 11) is 0. The summed E-state index contributed by atoms with van der Waals surface area (Å²) >= 11 is 0. The van der Waals surface area contributed by atoms with E-state index in [2.05, 4.69) is 10.4 Å². The Morgan fingerprint density at radius 2 is 1.44 bits per heavy atom. The maximum absolute atomic E-state index is 15.3. The highest BCUT2D eigenvalue weighted by atomic mass is 35.5. The van der Waals surface area contributed by atoms with Crippen molar-refractivity contribution < 1.29 is 9.18 Å². The highest BCUT2D eigenvalue weighted by Gasteiger charge is 2.28. The van der Waals surface area contributed by atoms with Gasteiger partial charge < -0.3 is 11.1 Å². The normalized spacial score (nSPS) is 11.6. The lowest BCUT2D eigenvalue weighted by molar-refractivity contribution is -0.117. The third-order valence-corrected chi connectivity index (χ3v) is 6.78. The first-order chi connectivity index (χ1) is 18.5. The van der Waals surface area contributed by atoms with E-state index in [1.807, 2.05) is 103 Å². The number of hydrogen-bond acceptors (Lipinski definition) is 3. The van der Waals surface area contributed by atoms with Crippen LogP contribution >= 0.6 is 12.4 Å². The second kappa shape index (κ2) is 12.5. The molecule has 0 fully saturated rings. The summed E-state index contributed by atoms with van der Waals surface area (Å²) in [4.78, 5) is 13.2. The van der Waals surface area contributed by atoms with Gasteiger partial charge >= 0.3 is 0 Å². The van der Waals surface area contributed by atoms with Gasteiger partial charge in [-0.25, -0.2) is 4.39 Å². The Hall–Kier alpha value is -4.26. The van der Waals surface area contributed by atoms with Crippen molar-refractivity contribution in [3.63, 3.8) is 0 Å². The van der Waals surface area contributed by atoms with Crippen LogP contribution in [0, 0.1) is 12.7 Å². The molecule has 0 radical (unpaired) electrons. The molecule has 0 bridgehead atoms. The molecule has 0 aliphatic heterocycles. The molecule has 0 aliphatic carbocycles. The van der Waals surface area contributed by atoms with Crippen molar-refractivity contribution >= 4 is 24.0 Å². The lowest BCUT2D eigenvalue weighted by atomic mass is 9.85. The third kappa shape index (κ3) is 6.25. The number of carbonyl (C=O) groups excluding carboxylic acids is 1. The highest BCUT2D eigenvalue weighted by molar-refractivity contribution is 5.96. The van der Waals surface area contributed by atoms with E-state index in [1.165, 1.54) is 6.07 Å². The lowest BCUT2D eigenvalue weighted by Crippen LogP contribution is -2.41. The number of rotatable bonds is 8. The Morgan fingerprint density at radius 3 is 2.00 bits per heavy atom. The molecule has 7 heteroatoms. The molecule has 3 N–H and O–H groups in total. The number of halogens is 2. The van der Waals surface area contributed by atoms with Crippen molar-refractivity contribution in [2.75, 3.05) is 5.32 Å². The maximum Gasteiger partial charge on any atom is 0.242 e. The van der Waals surface area contributed by atoms with Crippen LogP contribution in [-0.2, 0) is 11.3 Å².